The topological polar surface area (TPSA) is 78.1 Å². The summed E-state index contributed by atoms with van der Waals surface area (Å²) in [6.45, 7) is 5.55. The highest BCUT2D eigenvalue weighted by Crippen LogP contribution is 2.18. The smallest absolute Gasteiger partial charge is 0.276 e. The summed E-state index contributed by atoms with van der Waals surface area (Å²) in [4.78, 5) is 24.9. The van der Waals surface area contributed by atoms with Crippen LogP contribution >= 0.6 is 0 Å². The molecule has 2 aromatic rings. The standard InChI is InChI=1S/C16H20N4O2/c1-10(2)14-9-15(19-18-14)16(22)17-12-5-7-13(8-6-12)20(4)11(3)21/h5-10H,1-4H3,(H,17,22)(H,18,19). The maximum Gasteiger partial charge on any atom is 0.276 e. The number of aromatic amines is 1. The molecule has 2 rings (SSSR count). The first kappa shape index (κ1) is 15.8. The van der Waals surface area contributed by atoms with Crippen LogP contribution in [0.15, 0.2) is 30.3 Å². The average molecular weight is 300 g/mol. The van der Waals surface area contributed by atoms with Gasteiger partial charge in [0.2, 0.25) is 5.91 Å². The van der Waals surface area contributed by atoms with Crippen LogP contribution in [0.25, 0.3) is 0 Å². The Labute approximate surface area is 129 Å². The fourth-order valence-corrected chi connectivity index (χ4v) is 1.89. The molecule has 6 nitrogen and oxygen atoms in total. The van der Waals surface area contributed by atoms with Gasteiger partial charge in [0.05, 0.1) is 0 Å². The second-order valence-corrected chi connectivity index (χ2v) is 5.44. The van der Waals surface area contributed by atoms with Crippen LogP contribution in [0.4, 0.5) is 11.4 Å². The third kappa shape index (κ3) is 3.52. The molecule has 1 aromatic carbocycles. The van der Waals surface area contributed by atoms with Gasteiger partial charge >= 0.3 is 0 Å². The van der Waals surface area contributed by atoms with Crippen LogP contribution in [-0.2, 0) is 4.79 Å². The number of carbonyl (C=O) groups excluding carboxylic acids is 2. The van der Waals surface area contributed by atoms with Gasteiger partial charge in [0.15, 0.2) is 5.69 Å². The molecule has 0 bridgehead atoms. The van der Waals surface area contributed by atoms with E-state index in [-0.39, 0.29) is 17.7 Å². The Morgan fingerprint density at radius 3 is 2.36 bits per heavy atom. The fraction of sp³-hybridized carbons (Fsp3) is 0.312. The first-order valence-corrected chi connectivity index (χ1v) is 7.09. The van der Waals surface area contributed by atoms with E-state index in [4.69, 9.17) is 0 Å². The van der Waals surface area contributed by atoms with Gasteiger partial charge in [-0.15, -0.1) is 0 Å². The second-order valence-electron chi connectivity index (χ2n) is 5.44. The molecule has 0 saturated carbocycles. The summed E-state index contributed by atoms with van der Waals surface area (Å²) in [7, 11) is 1.70. The van der Waals surface area contributed by atoms with Gasteiger partial charge < -0.3 is 10.2 Å². The van der Waals surface area contributed by atoms with Crippen molar-refractivity contribution in [2.75, 3.05) is 17.3 Å². The molecule has 0 unspecified atom stereocenters. The Morgan fingerprint density at radius 1 is 1.23 bits per heavy atom. The van der Waals surface area contributed by atoms with E-state index in [0.717, 1.165) is 11.4 Å². The lowest BCUT2D eigenvalue weighted by Crippen LogP contribution is -2.22. The highest BCUT2D eigenvalue weighted by Gasteiger charge is 2.12. The normalized spacial score (nSPS) is 10.6. The van der Waals surface area contributed by atoms with Crippen LogP contribution in [0.2, 0.25) is 0 Å². The predicted octanol–water partition coefficient (Wildman–Crippen LogP) is 2.77. The van der Waals surface area contributed by atoms with Crippen LogP contribution in [0.3, 0.4) is 0 Å². The van der Waals surface area contributed by atoms with E-state index < -0.39 is 0 Å². The van der Waals surface area contributed by atoms with Crippen LogP contribution in [0.5, 0.6) is 0 Å². The number of amides is 2. The number of aromatic nitrogens is 2. The van der Waals surface area contributed by atoms with Crippen molar-refractivity contribution in [1.29, 1.82) is 0 Å². The number of hydrogen-bond donors (Lipinski definition) is 2. The van der Waals surface area contributed by atoms with Crippen molar-refractivity contribution in [2.45, 2.75) is 26.7 Å². The molecule has 0 aliphatic rings. The molecule has 0 aliphatic heterocycles. The molecule has 0 radical (unpaired) electrons. The number of carbonyl (C=O) groups is 2. The highest BCUT2D eigenvalue weighted by atomic mass is 16.2. The van der Waals surface area contributed by atoms with E-state index in [0.29, 0.717) is 11.4 Å². The number of nitrogens with one attached hydrogen (secondary N) is 2. The minimum absolute atomic E-state index is 0.0467. The first-order valence-electron chi connectivity index (χ1n) is 7.09. The Kier molecular flexibility index (Phi) is 4.60. The summed E-state index contributed by atoms with van der Waals surface area (Å²) >= 11 is 0. The summed E-state index contributed by atoms with van der Waals surface area (Å²) in [6, 6.07) is 8.81. The molecule has 0 saturated heterocycles. The van der Waals surface area contributed by atoms with Crippen LogP contribution in [0, 0.1) is 0 Å². The zero-order chi connectivity index (χ0) is 16.3. The fourth-order valence-electron chi connectivity index (χ4n) is 1.89. The van der Waals surface area contributed by atoms with Gasteiger partial charge in [-0.3, -0.25) is 14.7 Å². The van der Waals surface area contributed by atoms with Crippen LogP contribution < -0.4 is 10.2 Å². The molecular formula is C16H20N4O2. The van der Waals surface area contributed by atoms with Gasteiger partial charge in [-0.05, 0) is 36.2 Å². The average Bonchev–Trinajstić information content (AvgIpc) is 2.97. The van der Waals surface area contributed by atoms with Gasteiger partial charge in [-0.2, -0.15) is 5.10 Å². The number of anilines is 2. The van der Waals surface area contributed by atoms with Crippen molar-refractivity contribution in [2.24, 2.45) is 0 Å². The Morgan fingerprint density at radius 2 is 1.86 bits per heavy atom. The summed E-state index contributed by atoms with van der Waals surface area (Å²) in [6.07, 6.45) is 0. The van der Waals surface area contributed by atoms with Crippen molar-refractivity contribution in [1.82, 2.24) is 10.2 Å². The molecule has 0 fully saturated rings. The zero-order valence-electron chi connectivity index (χ0n) is 13.2. The van der Waals surface area contributed by atoms with Gasteiger partial charge in [-0.25, -0.2) is 0 Å². The highest BCUT2D eigenvalue weighted by molar-refractivity contribution is 6.03. The number of H-pyrrole nitrogens is 1. The summed E-state index contributed by atoms with van der Waals surface area (Å²) < 4.78 is 0. The first-order chi connectivity index (χ1) is 10.4. The van der Waals surface area contributed by atoms with Crippen molar-refractivity contribution >= 4 is 23.2 Å². The number of benzene rings is 1. The minimum Gasteiger partial charge on any atom is -0.321 e. The van der Waals surface area contributed by atoms with Gasteiger partial charge in [-0.1, -0.05) is 13.8 Å². The number of hydrogen-bond acceptors (Lipinski definition) is 3. The molecule has 2 N–H and O–H groups in total. The van der Waals surface area contributed by atoms with E-state index in [2.05, 4.69) is 15.5 Å². The molecule has 22 heavy (non-hydrogen) atoms. The van der Waals surface area contributed by atoms with E-state index in [9.17, 15) is 9.59 Å². The van der Waals surface area contributed by atoms with E-state index in [1.807, 2.05) is 13.8 Å². The maximum atomic E-state index is 12.1. The molecule has 0 spiro atoms. The molecule has 116 valence electrons. The zero-order valence-corrected chi connectivity index (χ0v) is 13.2. The van der Waals surface area contributed by atoms with Gasteiger partial charge in [0.1, 0.15) is 0 Å². The van der Waals surface area contributed by atoms with Gasteiger partial charge in [0.25, 0.3) is 5.91 Å². The molecule has 0 aliphatic carbocycles. The SMILES string of the molecule is CC(=O)N(C)c1ccc(NC(=O)c2cc(C(C)C)[nH]n2)cc1. The lowest BCUT2D eigenvalue weighted by molar-refractivity contribution is -0.116. The monoisotopic (exact) mass is 300 g/mol. The predicted molar refractivity (Wildman–Crippen MR) is 86.2 cm³/mol. The van der Waals surface area contributed by atoms with E-state index in [1.54, 1.807) is 37.4 Å². The number of nitrogens with zero attached hydrogens (tertiary/aromatic N) is 2. The molecular weight excluding hydrogens is 280 g/mol. The Balaban J connectivity index is 2.06. The minimum atomic E-state index is -0.268. The third-order valence-corrected chi connectivity index (χ3v) is 3.44. The van der Waals surface area contributed by atoms with Crippen molar-refractivity contribution < 1.29 is 9.59 Å². The Hall–Kier alpha value is -2.63. The molecule has 0 atom stereocenters. The van der Waals surface area contributed by atoms with E-state index in [1.165, 1.54) is 11.8 Å². The van der Waals surface area contributed by atoms with Gasteiger partial charge in [0, 0.05) is 31.0 Å². The summed E-state index contributed by atoms with van der Waals surface area (Å²) in [5, 5.41) is 9.65. The van der Waals surface area contributed by atoms with E-state index >= 15 is 0 Å². The van der Waals surface area contributed by atoms with Crippen molar-refractivity contribution in [3.63, 3.8) is 0 Å². The maximum absolute atomic E-state index is 12.1. The lowest BCUT2D eigenvalue weighted by Gasteiger charge is -2.15. The third-order valence-electron chi connectivity index (χ3n) is 3.44. The largest absolute Gasteiger partial charge is 0.321 e. The molecule has 1 heterocycles. The number of rotatable bonds is 4. The second kappa shape index (κ2) is 6.43. The molecule has 1 aromatic heterocycles. The lowest BCUT2D eigenvalue weighted by atomic mass is 10.1. The molecule has 6 heteroatoms. The van der Waals surface area contributed by atoms with Crippen molar-refractivity contribution in [3.05, 3.63) is 41.7 Å². The molecule has 2 amide bonds. The van der Waals surface area contributed by atoms with Crippen LogP contribution in [0.1, 0.15) is 42.9 Å². The summed E-state index contributed by atoms with van der Waals surface area (Å²) in [5.41, 5.74) is 2.70. The Bertz CT molecular complexity index is 674. The van der Waals surface area contributed by atoms with Crippen LogP contribution in [-0.4, -0.2) is 29.1 Å². The quantitative estimate of drug-likeness (QED) is 0.911. The van der Waals surface area contributed by atoms with Crippen molar-refractivity contribution in [3.8, 4) is 0 Å². The summed E-state index contributed by atoms with van der Waals surface area (Å²) in [5.74, 6) is -0.0270.